The SMILES string of the molecule is CC(=O)Nc1c(C)nn(-c2ccc(Cl)cc2)c1N1CCC(C(=O)NC2CC2)CC1. The summed E-state index contributed by atoms with van der Waals surface area (Å²) in [5, 5.41) is 11.4. The number of rotatable bonds is 5. The molecule has 0 spiro atoms. The first-order valence-corrected chi connectivity index (χ1v) is 10.5. The predicted octanol–water partition coefficient (Wildman–Crippen LogP) is 3.29. The number of nitrogens with one attached hydrogen (secondary N) is 2. The van der Waals surface area contributed by atoms with Crippen molar-refractivity contribution in [2.75, 3.05) is 23.3 Å². The molecule has 0 bridgehead atoms. The molecule has 0 radical (unpaired) electrons. The van der Waals surface area contributed by atoms with Gasteiger partial charge in [-0.3, -0.25) is 9.59 Å². The van der Waals surface area contributed by atoms with E-state index in [0.717, 1.165) is 56.0 Å². The van der Waals surface area contributed by atoms with E-state index in [1.54, 1.807) is 0 Å². The first-order valence-electron chi connectivity index (χ1n) is 10.1. The van der Waals surface area contributed by atoms with Crippen LogP contribution in [0.1, 0.15) is 38.3 Å². The van der Waals surface area contributed by atoms with Crippen LogP contribution in [0.25, 0.3) is 5.69 Å². The Labute approximate surface area is 175 Å². The lowest BCUT2D eigenvalue weighted by Gasteiger charge is -2.33. The number of hydrogen-bond acceptors (Lipinski definition) is 4. The van der Waals surface area contributed by atoms with Crippen LogP contribution in [0.2, 0.25) is 5.02 Å². The van der Waals surface area contributed by atoms with Crippen molar-refractivity contribution in [1.29, 1.82) is 0 Å². The van der Waals surface area contributed by atoms with Crippen molar-refractivity contribution in [3.63, 3.8) is 0 Å². The summed E-state index contributed by atoms with van der Waals surface area (Å²) in [4.78, 5) is 26.4. The summed E-state index contributed by atoms with van der Waals surface area (Å²) in [6.07, 6.45) is 3.76. The molecule has 1 aliphatic heterocycles. The summed E-state index contributed by atoms with van der Waals surface area (Å²) >= 11 is 6.04. The maximum Gasteiger partial charge on any atom is 0.223 e. The van der Waals surface area contributed by atoms with Crippen molar-refractivity contribution in [1.82, 2.24) is 15.1 Å². The minimum atomic E-state index is -0.135. The van der Waals surface area contributed by atoms with Gasteiger partial charge in [0.15, 0.2) is 5.82 Å². The normalized spacial score (nSPS) is 17.3. The van der Waals surface area contributed by atoms with Crippen molar-refractivity contribution in [3.05, 3.63) is 35.0 Å². The number of benzene rings is 1. The minimum Gasteiger partial charge on any atom is -0.355 e. The molecule has 1 saturated carbocycles. The van der Waals surface area contributed by atoms with Crippen molar-refractivity contribution < 1.29 is 9.59 Å². The van der Waals surface area contributed by atoms with Crippen LogP contribution in [0.4, 0.5) is 11.5 Å². The van der Waals surface area contributed by atoms with Gasteiger partial charge in [-0.05, 0) is 56.9 Å². The van der Waals surface area contributed by atoms with E-state index in [2.05, 4.69) is 20.6 Å². The molecule has 1 aromatic heterocycles. The van der Waals surface area contributed by atoms with Crippen LogP contribution in [-0.2, 0) is 9.59 Å². The summed E-state index contributed by atoms with van der Waals surface area (Å²) in [7, 11) is 0. The Hall–Kier alpha value is -2.54. The molecule has 2 N–H and O–H groups in total. The van der Waals surface area contributed by atoms with Gasteiger partial charge in [-0.25, -0.2) is 4.68 Å². The number of piperidine rings is 1. The topological polar surface area (TPSA) is 79.3 Å². The average molecular weight is 416 g/mol. The van der Waals surface area contributed by atoms with Gasteiger partial charge in [0.1, 0.15) is 5.69 Å². The molecule has 2 amide bonds. The fourth-order valence-corrected chi connectivity index (χ4v) is 3.92. The Morgan fingerprint density at radius 2 is 1.76 bits per heavy atom. The highest BCUT2D eigenvalue weighted by Gasteiger charge is 2.32. The molecule has 2 heterocycles. The van der Waals surface area contributed by atoms with E-state index < -0.39 is 0 Å². The molecule has 2 aromatic rings. The first-order chi connectivity index (χ1) is 13.9. The number of aryl methyl sites for hydroxylation is 1. The molecular weight excluding hydrogens is 390 g/mol. The number of hydrogen-bond donors (Lipinski definition) is 2. The summed E-state index contributed by atoms with van der Waals surface area (Å²) < 4.78 is 1.85. The van der Waals surface area contributed by atoms with Gasteiger partial charge in [0.05, 0.1) is 11.4 Å². The zero-order valence-electron chi connectivity index (χ0n) is 16.7. The number of amides is 2. The number of aromatic nitrogens is 2. The van der Waals surface area contributed by atoms with E-state index in [1.165, 1.54) is 6.92 Å². The molecule has 29 heavy (non-hydrogen) atoms. The lowest BCUT2D eigenvalue weighted by molar-refractivity contribution is -0.125. The van der Waals surface area contributed by atoms with Crippen molar-refractivity contribution in [2.24, 2.45) is 5.92 Å². The second kappa shape index (κ2) is 8.06. The standard InChI is InChI=1S/C21H26ClN5O2/c1-13-19(23-14(2)28)21(27(25-13)18-7-3-16(22)4-8-18)26-11-9-15(10-12-26)20(29)24-17-5-6-17/h3-4,7-8,15,17H,5-6,9-12H2,1-2H3,(H,23,28)(H,24,29). The smallest absolute Gasteiger partial charge is 0.223 e. The van der Waals surface area contributed by atoms with E-state index in [-0.39, 0.29) is 17.7 Å². The summed E-state index contributed by atoms with van der Waals surface area (Å²) in [6.45, 7) is 4.84. The van der Waals surface area contributed by atoms with Gasteiger partial charge in [0.2, 0.25) is 11.8 Å². The molecule has 1 aromatic carbocycles. The Bertz CT molecular complexity index is 912. The third-order valence-electron chi connectivity index (χ3n) is 5.50. The monoisotopic (exact) mass is 415 g/mol. The van der Waals surface area contributed by atoms with Gasteiger partial charge < -0.3 is 15.5 Å². The van der Waals surface area contributed by atoms with Crippen molar-refractivity contribution in [3.8, 4) is 5.69 Å². The number of carbonyl (C=O) groups excluding carboxylic acids is 2. The van der Waals surface area contributed by atoms with Gasteiger partial charge in [0, 0.05) is 37.0 Å². The van der Waals surface area contributed by atoms with Gasteiger partial charge in [-0.15, -0.1) is 0 Å². The predicted molar refractivity (Wildman–Crippen MR) is 114 cm³/mol. The Balaban J connectivity index is 1.60. The lowest BCUT2D eigenvalue weighted by Crippen LogP contribution is -2.42. The Kier molecular flexibility index (Phi) is 5.50. The molecule has 0 atom stereocenters. The maximum atomic E-state index is 12.4. The van der Waals surface area contributed by atoms with Crippen molar-refractivity contribution in [2.45, 2.75) is 45.6 Å². The van der Waals surface area contributed by atoms with E-state index in [4.69, 9.17) is 11.6 Å². The second-order valence-electron chi connectivity index (χ2n) is 7.90. The summed E-state index contributed by atoms with van der Waals surface area (Å²) in [5.74, 6) is 0.936. The second-order valence-corrected chi connectivity index (χ2v) is 8.33. The van der Waals surface area contributed by atoms with E-state index in [1.807, 2.05) is 35.9 Å². The molecule has 1 saturated heterocycles. The largest absolute Gasteiger partial charge is 0.355 e. The molecule has 2 fully saturated rings. The van der Waals surface area contributed by atoms with Crippen LogP contribution in [-0.4, -0.2) is 40.7 Å². The highest BCUT2D eigenvalue weighted by Crippen LogP contribution is 2.35. The van der Waals surface area contributed by atoms with Gasteiger partial charge in [0.25, 0.3) is 0 Å². The highest BCUT2D eigenvalue weighted by molar-refractivity contribution is 6.30. The fourth-order valence-electron chi connectivity index (χ4n) is 3.79. The molecule has 2 aliphatic rings. The molecule has 7 nitrogen and oxygen atoms in total. The number of anilines is 2. The summed E-state index contributed by atoms with van der Waals surface area (Å²) in [6, 6.07) is 7.85. The molecule has 1 aliphatic carbocycles. The molecule has 4 rings (SSSR count). The molecule has 154 valence electrons. The quantitative estimate of drug-likeness (QED) is 0.785. The van der Waals surface area contributed by atoms with Crippen LogP contribution >= 0.6 is 11.6 Å². The summed E-state index contributed by atoms with van der Waals surface area (Å²) in [5.41, 5.74) is 2.34. The zero-order valence-corrected chi connectivity index (χ0v) is 17.5. The lowest BCUT2D eigenvalue weighted by atomic mass is 9.95. The van der Waals surface area contributed by atoms with Crippen LogP contribution in [0.5, 0.6) is 0 Å². The van der Waals surface area contributed by atoms with E-state index in [0.29, 0.717) is 16.8 Å². The van der Waals surface area contributed by atoms with Crippen LogP contribution in [0.3, 0.4) is 0 Å². The maximum absolute atomic E-state index is 12.4. The van der Waals surface area contributed by atoms with Gasteiger partial charge in [-0.1, -0.05) is 11.6 Å². The van der Waals surface area contributed by atoms with E-state index >= 15 is 0 Å². The first kappa shape index (κ1) is 19.8. The third kappa shape index (κ3) is 4.40. The van der Waals surface area contributed by atoms with Crippen LogP contribution in [0.15, 0.2) is 24.3 Å². The average Bonchev–Trinajstić information content (AvgIpc) is 3.45. The molecule has 8 heteroatoms. The van der Waals surface area contributed by atoms with Gasteiger partial charge in [-0.2, -0.15) is 5.10 Å². The Morgan fingerprint density at radius 1 is 1.10 bits per heavy atom. The van der Waals surface area contributed by atoms with Crippen LogP contribution in [0, 0.1) is 12.8 Å². The number of carbonyl (C=O) groups is 2. The number of nitrogens with zero attached hydrogens (tertiary/aromatic N) is 3. The van der Waals surface area contributed by atoms with E-state index in [9.17, 15) is 9.59 Å². The van der Waals surface area contributed by atoms with Crippen LogP contribution < -0.4 is 15.5 Å². The molecular formula is C21H26ClN5O2. The number of halogens is 1. The minimum absolute atomic E-state index is 0.0454. The van der Waals surface area contributed by atoms with Crippen molar-refractivity contribution >= 4 is 34.9 Å². The zero-order chi connectivity index (χ0) is 20.5. The highest BCUT2D eigenvalue weighted by atomic mass is 35.5. The third-order valence-corrected chi connectivity index (χ3v) is 5.75. The van der Waals surface area contributed by atoms with Gasteiger partial charge >= 0.3 is 0 Å². The fraction of sp³-hybridized carbons (Fsp3) is 0.476. The Morgan fingerprint density at radius 3 is 2.34 bits per heavy atom. The molecule has 0 unspecified atom stereocenters.